The molecule has 0 unspecified atom stereocenters. The Hall–Kier alpha value is -1.61. The van der Waals surface area contributed by atoms with Gasteiger partial charge < -0.3 is 0 Å². The maximum atomic E-state index is 7.50. The topological polar surface area (TPSA) is 99.5 Å². The van der Waals surface area contributed by atoms with E-state index >= 15 is 0 Å². The van der Waals surface area contributed by atoms with Gasteiger partial charge in [-0.15, -0.1) is 0 Å². The molecule has 2 aromatic rings. The summed E-state index contributed by atoms with van der Waals surface area (Å²) in [7, 11) is -0.143. The van der Waals surface area contributed by atoms with E-state index < -0.39 is 0 Å². The molecular weight excluding hydrogens is 499 g/mol. The van der Waals surface area contributed by atoms with Crippen LogP contribution in [0.15, 0.2) is 41.9 Å². The van der Waals surface area contributed by atoms with Crippen LogP contribution in [-0.2, 0) is 44.3 Å². The fourth-order valence-corrected chi connectivity index (χ4v) is 3.54. The monoisotopic (exact) mass is 512 g/mol. The molecule has 0 bridgehead atoms. The van der Waals surface area contributed by atoms with Crippen LogP contribution in [0, 0.1) is 47.1 Å². The molecule has 0 spiro atoms. The number of hydrogen-bond donors (Lipinski definition) is 0. The van der Waals surface area contributed by atoms with E-state index in [0.29, 0.717) is 0 Å². The maximum absolute atomic E-state index is 7.50. The molecule has 0 N–H and O–H groups in total. The van der Waals surface area contributed by atoms with Gasteiger partial charge in [0.15, 0.2) is 0 Å². The molecular formula is C17H13O5PW. The van der Waals surface area contributed by atoms with Gasteiger partial charge in [0.2, 0.25) is 0 Å². The van der Waals surface area contributed by atoms with E-state index in [4.69, 9.17) is 23.3 Å². The predicted octanol–water partition coefficient (Wildman–Crippen LogP) is 4.09. The van der Waals surface area contributed by atoms with Gasteiger partial charge >= 0.3 is 56.5 Å². The summed E-state index contributed by atoms with van der Waals surface area (Å²) in [6.07, 6.45) is 0. The van der Waals surface area contributed by atoms with E-state index in [1.54, 1.807) is 0 Å². The van der Waals surface area contributed by atoms with Crippen molar-refractivity contribution in [2.24, 2.45) is 0 Å². The zero-order chi connectivity index (χ0) is 19.3. The zero-order valence-electron chi connectivity index (χ0n) is 12.9. The van der Waals surface area contributed by atoms with Crippen LogP contribution >= 0.6 is 7.53 Å². The van der Waals surface area contributed by atoms with Crippen LogP contribution in [0.5, 0.6) is 0 Å². The van der Waals surface area contributed by atoms with Crippen molar-refractivity contribution < 1.29 is 44.3 Å². The van der Waals surface area contributed by atoms with Gasteiger partial charge in [0.1, 0.15) is 0 Å². The molecule has 24 heavy (non-hydrogen) atoms. The average Bonchev–Trinajstić information content (AvgIpc) is 3.03. The van der Waals surface area contributed by atoms with Crippen molar-refractivity contribution in [2.75, 3.05) is 0 Å². The van der Waals surface area contributed by atoms with Gasteiger partial charge in [-0.05, 0) is 41.9 Å². The van der Waals surface area contributed by atoms with E-state index in [2.05, 4.69) is 89.0 Å². The summed E-state index contributed by atoms with van der Waals surface area (Å²) < 4.78 is 37.5. The third-order valence-electron chi connectivity index (χ3n) is 2.34. The second kappa shape index (κ2) is 29.4. The van der Waals surface area contributed by atoms with Gasteiger partial charge in [0.05, 0.1) is 0 Å². The Kier molecular flexibility index (Phi) is 41.5. The first-order valence-electron chi connectivity index (χ1n) is 5.50. The van der Waals surface area contributed by atoms with Crippen LogP contribution < -0.4 is 0 Å². The first-order valence-corrected chi connectivity index (χ1v) is 6.98. The molecule has 2 rings (SSSR count). The Labute approximate surface area is 157 Å². The molecule has 0 saturated carbocycles. The smallest absolute Gasteiger partial charge is 0 e. The molecule has 0 aliphatic heterocycles. The second-order valence-corrected chi connectivity index (χ2v) is 5.21. The van der Waals surface area contributed by atoms with Crippen molar-refractivity contribution in [1.82, 2.24) is 0 Å². The van der Waals surface area contributed by atoms with Gasteiger partial charge in [0.25, 0.3) is 0 Å². The summed E-state index contributed by atoms with van der Waals surface area (Å²) in [6, 6.07) is 10.7. The van der Waals surface area contributed by atoms with Crippen LogP contribution in [0.25, 0.3) is 5.30 Å². The molecule has 0 saturated heterocycles. The SMILES string of the molecule is Cc1cp(-c2ccccc2)cc1C.[C-]#[O+].[C-]#[O+].[C-]#[O+].[C-]#[O+].[C-]#[O+].[W]. The van der Waals surface area contributed by atoms with E-state index in [1.807, 2.05) is 0 Å². The maximum Gasteiger partial charge on any atom is 0 e. The van der Waals surface area contributed by atoms with E-state index in [-0.39, 0.29) is 28.6 Å². The van der Waals surface area contributed by atoms with Crippen molar-refractivity contribution in [3.05, 3.63) is 86.3 Å². The molecule has 0 aliphatic rings. The summed E-state index contributed by atoms with van der Waals surface area (Å²) in [6.45, 7) is 26.9. The Morgan fingerprint density at radius 1 is 0.625 bits per heavy atom. The molecule has 1 aromatic heterocycles. The van der Waals surface area contributed by atoms with Crippen LogP contribution in [-0.4, -0.2) is 0 Å². The minimum Gasteiger partial charge on any atom is 0 e. The Balaban J connectivity index is -0.0000000950. The van der Waals surface area contributed by atoms with Crippen molar-refractivity contribution in [3.63, 3.8) is 0 Å². The molecule has 1 heterocycles. The Morgan fingerprint density at radius 2 is 0.917 bits per heavy atom. The van der Waals surface area contributed by atoms with Gasteiger partial charge in [0, 0.05) is 21.1 Å². The number of rotatable bonds is 1. The molecule has 0 aliphatic carbocycles. The molecule has 7 heteroatoms. The standard InChI is InChI=1S/C12H13P.5CO.W/c1-10-8-13(9-11(10)2)12-6-4-3-5-7-12;5*1-2;/h3-9H,1-2H3;;;;;;. The van der Waals surface area contributed by atoms with Gasteiger partial charge in [-0.25, -0.2) is 0 Å². The summed E-state index contributed by atoms with van der Waals surface area (Å²) >= 11 is 0. The van der Waals surface area contributed by atoms with Crippen LogP contribution in [0.1, 0.15) is 11.1 Å². The van der Waals surface area contributed by atoms with Crippen LogP contribution in [0.2, 0.25) is 0 Å². The largest absolute Gasteiger partial charge is 0 e. The van der Waals surface area contributed by atoms with Gasteiger partial charge in [-0.3, -0.25) is 0 Å². The van der Waals surface area contributed by atoms with Crippen molar-refractivity contribution in [1.29, 1.82) is 0 Å². The van der Waals surface area contributed by atoms with Crippen LogP contribution in [0.3, 0.4) is 0 Å². The molecule has 122 valence electrons. The summed E-state index contributed by atoms with van der Waals surface area (Å²) in [5, 5.41) is 1.45. The van der Waals surface area contributed by atoms with Crippen molar-refractivity contribution in [2.45, 2.75) is 13.8 Å². The summed E-state index contributed by atoms with van der Waals surface area (Å²) in [5.41, 5.74) is 2.88. The molecule has 5 nitrogen and oxygen atoms in total. The number of benzene rings is 1. The van der Waals surface area contributed by atoms with E-state index in [0.717, 1.165) is 0 Å². The Morgan fingerprint density at radius 3 is 1.21 bits per heavy atom. The van der Waals surface area contributed by atoms with Gasteiger partial charge in [-0.1, -0.05) is 37.9 Å². The van der Waals surface area contributed by atoms with Crippen LogP contribution in [0.4, 0.5) is 0 Å². The first-order chi connectivity index (χ1) is 11.3. The van der Waals surface area contributed by atoms with Crippen molar-refractivity contribution in [3.8, 4) is 5.30 Å². The molecule has 0 atom stereocenters. The minimum absolute atomic E-state index is 0. The fraction of sp³-hybridized carbons (Fsp3) is 0.118. The summed E-state index contributed by atoms with van der Waals surface area (Å²) in [4.78, 5) is 0. The fourth-order valence-electron chi connectivity index (χ4n) is 1.41. The third-order valence-corrected chi connectivity index (χ3v) is 4.57. The average molecular weight is 512 g/mol. The minimum atomic E-state index is -0.143. The zero-order valence-corrected chi connectivity index (χ0v) is 16.8. The van der Waals surface area contributed by atoms with Crippen molar-refractivity contribution >= 4 is 7.53 Å². The quantitative estimate of drug-likeness (QED) is 0.407. The van der Waals surface area contributed by atoms with E-state index in [1.165, 1.54) is 16.4 Å². The number of aryl methyl sites for hydroxylation is 2. The first kappa shape index (κ1) is 33.9. The molecule has 1 aromatic carbocycles. The normalized spacial score (nSPS) is 6.00. The molecule has 0 fully saturated rings. The predicted molar refractivity (Wildman–Crippen MR) is 79.6 cm³/mol. The van der Waals surface area contributed by atoms with E-state index in [9.17, 15) is 0 Å². The molecule has 0 radical (unpaired) electrons. The molecule has 0 amide bonds. The number of hydrogen-bond acceptors (Lipinski definition) is 0. The summed E-state index contributed by atoms with van der Waals surface area (Å²) in [5.74, 6) is 4.78. The second-order valence-electron chi connectivity index (χ2n) is 3.37. The van der Waals surface area contributed by atoms with Gasteiger partial charge in [-0.2, -0.15) is 0 Å². The Bertz CT molecular complexity index is 555. The third kappa shape index (κ3) is 15.3.